The molecule has 1 amide bonds. The minimum absolute atomic E-state index is 0.0696. The maximum atomic E-state index is 12.2. The minimum atomic E-state index is -4.43. The van der Waals surface area contributed by atoms with Crippen LogP contribution >= 0.6 is 7.82 Å². The maximum absolute atomic E-state index is 12.2. The van der Waals surface area contributed by atoms with Gasteiger partial charge in [-0.25, -0.2) is 4.57 Å². The molecule has 0 saturated carbocycles. The number of nitrogens with one attached hydrogen (secondary N) is 1. The Morgan fingerprint density at radius 3 is 1.29 bits per heavy atom. The molecule has 3 N–H and O–H groups in total. The molecular weight excluding hydrogens is 834 g/mol. The van der Waals surface area contributed by atoms with Crippen LogP contribution in [0.1, 0.15) is 245 Å². The van der Waals surface area contributed by atoms with E-state index in [1.165, 1.54) is 141 Å². The van der Waals surface area contributed by atoms with Crippen molar-refractivity contribution in [2.75, 3.05) is 26.4 Å². The third kappa shape index (κ3) is 52.5. The summed E-state index contributed by atoms with van der Waals surface area (Å²) in [6.45, 7) is 3.53. The summed E-state index contributed by atoms with van der Waals surface area (Å²) in [5.41, 5.74) is 0. The normalized spacial score (nSPS) is 13.6. The number of phosphoric acid groups is 1. The summed E-state index contributed by atoms with van der Waals surface area (Å²) in [6, 6.07) is 0. The van der Waals surface area contributed by atoms with E-state index < -0.39 is 26.5 Å². The molecule has 0 saturated heterocycles. The lowest BCUT2D eigenvalue weighted by atomic mass is 10.0. The number of esters is 1. The predicted molar refractivity (Wildman–Crippen MR) is 275 cm³/mol. The van der Waals surface area contributed by atoms with Crippen molar-refractivity contribution in [2.24, 2.45) is 0 Å². The lowest BCUT2D eigenvalue weighted by Gasteiger charge is -2.15. The number of phosphoric ester groups is 1. The van der Waals surface area contributed by atoms with E-state index in [0.29, 0.717) is 6.42 Å². The lowest BCUT2D eigenvalue weighted by Crippen LogP contribution is -2.27. The molecule has 0 aliphatic carbocycles. The van der Waals surface area contributed by atoms with E-state index in [-0.39, 0.29) is 32.1 Å². The van der Waals surface area contributed by atoms with Gasteiger partial charge in [-0.05, 0) is 83.5 Å². The minimum Gasteiger partial charge on any atom is -0.463 e. The Hall–Kier alpha value is -2.29. The van der Waals surface area contributed by atoms with Crippen LogP contribution in [0.5, 0.6) is 0 Å². The molecule has 0 bridgehead atoms. The third-order valence-electron chi connectivity index (χ3n) is 11.4. The smallest absolute Gasteiger partial charge is 0.463 e. The van der Waals surface area contributed by atoms with E-state index in [2.05, 4.69) is 79.9 Å². The number of hydrogen-bond acceptors (Lipinski definition) is 7. The van der Waals surface area contributed by atoms with Gasteiger partial charge in [0.2, 0.25) is 5.91 Å². The van der Waals surface area contributed by atoms with Crippen molar-refractivity contribution in [1.82, 2.24) is 5.32 Å². The van der Waals surface area contributed by atoms with Crippen LogP contribution in [0.25, 0.3) is 0 Å². The summed E-state index contributed by atoms with van der Waals surface area (Å²) in [7, 11) is -4.43. The van der Waals surface area contributed by atoms with E-state index in [4.69, 9.17) is 13.8 Å². The number of unbranched alkanes of at least 4 members (excludes halogenated alkanes) is 27. The zero-order valence-corrected chi connectivity index (χ0v) is 42.8. The fourth-order valence-corrected chi connectivity index (χ4v) is 8.12. The van der Waals surface area contributed by atoms with E-state index in [0.717, 1.165) is 77.0 Å². The average molecular weight is 934 g/mol. The zero-order chi connectivity index (χ0) is 47.4. The molecular formula is C55H100NO8P. The fraction of sp³-hybridized carbons (Fsp3) is 0.782. The Bertz CT molecular complexity index is 1250. The number of allylic oxidation sites excluding steroid dienone is 10. The molecule has 2 atom stereocenters. The molecule has 0 aliphatic heterocycles. The van der Waals surface area contributed by atoms with E-state index in [1.54, 1.807) is 0 Å². The first-order valence-corrected chi connectivity index (χ1v) is 28.3. The van der Waals surface area contributed by atoms with E-state index in [1.807, 2.05) is 0 Å². The van der Waals surface area contributed by atoms with Crippen LogP contribution in [0.2, 0.25) is 0 Å². The van der Waals surface area contributed by atoms with Crippen molar-refractivity contribution in [3.05, 3.63) is 60.8 Å². The summed E-state index contributed by atoms with van der Waals surface area (Å²) in [5, 5.41) is 12.8. The molecule has 378 valence electrons. The number of ether oxygens (including phenoxy) is 1. The first kappa shape index (κ1) is 62.7. The highest BCUT2D eigenvalue weighted by Gasteiger charge is 2.23. The van der Waals surface area contributed by atoms with Gasteiger partial charge in [0, 0.05) is 19.4 Å². The summed E-state index contributed by atoms with van der Waals surface area (Å²) in [6.07, 6.45) is 63.0. The second kappa shape index (κ2) is 51.1. The molecule has 65 heavy (non-hydrogen) atoms. The zero-order valence-electron chi connectivity index (χ0n) is 41.9. The van der Waals surface area contributed by atoms with Gasteiger partial charge < -0.3 is 20.1 Å². The van der Waals surface area contributed by atoms with Gasteiger partial charge >= 0.3 is 13.8 Å². The average Bonchev–Trinajstić information content (AvgIpc) is 3.29. The number of carbonyl (C=O) groups excluding carboxylic acids is 2. The number of amides is 1. The number of carbonyl (C=O) groups is 2. The van der Waals surface area contributed by atoms with Crippen LogP contribution in [0, 0.1) is 0 Å². The summed E-state index contributed by atoms with van der Waals surface area (Å²) >= 11 is 0. The van der Waals surface area contributed by atoms with Crippen LogP contribution in [0.15, 0.2) is 60.8 Å². The van der Waals surface area contributed by atoms with Crippen molar-refractivity contribution in [3.63, 3.8) is 0 Å². The molecule has 0 rings (SSSR count). The van der Waals surface area contributed by atoms with E-state index >= 15 is 0 Å². The Balaban J connectivity index is 3.58. The summed E-state index contributed by atoms with van der Waals surface area (Å²) < 4.78 is 27.0. The van der Waals surface area contributed by atoms with Gasteiger partial charge in [-0.2, -0.15) is 0 Å². The SMILES string of the molecule is CCCCC/C=C\C/C=C\C/C=C\C/C=C\CCCCCCCC(=O)NCCOP(=O)(O)OCC(O)COC(=O)CCCCCCCCCCCCCCC/C=C/CCCCCCCC. The van der Waals surface area contributed by atoms with Crippen molar-refractivity contribution >= 4 is 19.7 Å². The topological polar surface area (TPSA) is 131 Å². The monoisotopic (exact) mass is 934 g/mol. The van der Waals surface area contributed by atoms with E-state index in [9.17, 15) is 24.2 Å². The molecule has 9 nitrogen and oxygen atoms in total. The van der Waals surface area contributed by atoms with Gasteiger partial charge in [-0.3, -0.25) is 18.6 Å². The van der Waals surface area contributed by atoms with Crippen molar-refractivity contribution < 1.29 is 37.9 Å². The van der Waals surface area contributed by atoms with Gasteiger partial charge in [0.25, 0.3) is 0 Å². The Morgan fingerprint density at radius 1 is 0.477 bits per heavy atom. The maximum Gasteiger partial charge on any atom is 0.472 e. The molecule has 0 aromatic heterocycles. The van der Waals surface area contributed by atoms with Crippen molar-refractivity contribution in [3.8, 4) is 0 Å². The van der Waals surface area contributed by atoms with Crippen molar-refractivity contribution in [2.45, 2.75) is 251 Å². The first-order valence-electron chi connectivity index (χ1n) is 26.8. The van der Waals surface area contributed by atoms with Gasteiger partial charge in [-0.15, -0.1) is 0 Å². The third-order valence-corrected chi connectivity index (χ3v) is 12.4. The molecule has 10 heteroatoms. The highest BCUT2D eigenvalue weighted by Crippen LogP contribution is 2.42. The van der Waals surface area contributed by atoms with Crippen LogP contribution in [-0.4, -0.2) is 54.3 Å². The lowest BCUT2D eigenvalue weighted by molar-refractivity contribution is -0.147. The molecule has 0 heterocycles. The van der Waals surface area contributed by atoms with Crippen LogP contribution < -0.4 is 5.32 Å². The first-order chi connectivity index (χ1) is 31.8. The molecule has 0 aromatic rings. The highest BCUT2D eigenvalue weighted by atomic mass is 31.2. The van der Waals surface area contributed by atoms with Crippen LogP contribution in [0.3, 0.4) is 0 Å². The number of hydrogen-bond donors (Lipinski definition) is 3. The predicted octanol–water partition coefficient (Wildman–Crippen LogP) is 16.0. The Morgan fingerprint density at radius 2 is 0.831 bits per heavy atom. The standard InChI is InChI=1S/C55H100NO8P/c1-3-5-7-9-11-13-15-17-19-21-23-25-26-28-30-32-34-36-38-40-42-44-46-48-55(59)62-51-53(57)52-64-65(60,61)63-50-49-56-54(58)47-45-43-41-39-37-35-33-31-29-27-24-22-20-18-16-14-12-10-8-6-4-2/h12,14,17-20,24,27,31,33,53,57H,3-11,13,15-16,21-23,25-26,28-30,32,34-52H2,1-2H3,(H,56,58)(H,60,61)/b14-12-,19-17+,20-18-,27-24-,33-31-. The second-order valence-corrected chi connectivity index (χ2v) is 19.3. The summed E-state index contributed by atoms with van der Waals surface area (Å²) in [5.74, 6) is -0.531. The molecule has 0 radical (unpaired) electrons. The Kier molecular flexibility index (Phi) is 49.3. The van der Waals surface area contributed by atoms with Gasteiger partial charge in [-0.1, -0.05) is 209 Å². The molecule has 0 aromatic carbocycles. The molecule has 0 spiro atoms. The Labute approximate surface area is 399 Å². The van der Waals surface area contributed by atoms with Crippen LogP contribution in [-0.2, 0) is 27.9 Å². The number of aliphatic hydroxyl groups is 1. The highest BCUT2D eigenvalue weighted by molar-refractivity contribution is 7.47. The molecule has 0 aliphatic rings. The molecule has 0 fully saturated rings. The number of aliphatic hydroxyl groups excluding tert-OH is 1. The quantitative estimate of drug-likeness (QED) is 0.0238. The molecule has 2 unspecified atom stereocenters. The van der Waals surface area contributed by atoms with Gasteiger partial charge in [0.15, 0.2) is 0 Å². The largest absolute Gasteiger partial charge is 0.472 e. The van der Waals surface area contributed by atoms with Crippen LogP contribution in [0.4, 0.5) is 0 Å². The van der Waals surface area contributed by atoms with Crippen molar-refractivity contribution in [1.29, 1.82) is 0 Å². The fourth-order valence-electron chi connectivity index (χ4n) is 7.36. The summed E-state index contributed by atoms with van der Waals surface area (Å²) in [4.78, 5) is 34.1. The number of rotatable bonds is 50. The second-order valence-electron chi connectivity index (χ2n) is 17.8. The van der Waals surface area contributed by atoms with Gasteiger partial charge in [0.05, 0.1) is 13.2 Å². The van der Waals surface area contributed by atoms with Gasteiger partial charge in [0.1, 0.15) is 12.7 Å².